The van der Waals surface area contributed by atoms with Gasteiger partial charge in [0.2, 0.25) is 21.8 Å². The molecule has 0 aromatic heterocycles. The maximum absolute atomic E-state index is 13.8. The summed E-state index contributed by atoms with van der Waals surface area (Å²) in [5, 5.41) is 14.2. The molecule has 208 valence electrons. The molecule has 0 aliphatic heterocycles. The lowest BCUT2D eigenvalue weighted by atomic mass is 10.1. The lowest BCUT2D eigenvalue weighted by molar-refractivity contribution is -0.384. The molecule has 0 unspecified atom stereocenters. The molecule has 2 aromatic rings. The van der Waals surface area contributed by atoms with Gasteiger partial charge in [-0.25, -0.2) is 8.42 Å². The Morgan fingerprint density at radius 3 is 2.42 bits per heavy atom. The van der Waals surface area contributed by atoms with Gasteiger partial charge in [0, 0.05) is 25.2 Å². The molecule has 0 bridgehead atoms. The summed E-state index contributed by atoms with van der Waals surface area (Å²) in [6.07, 6.45) is 2.87. The van der Waals surface area contributed by atoms with Gasteiger partial charge in [0.25, 0.3) is 5.69 Å². The molecule has 1 N–H and O–H groups in total. The standard InChI is InChI=1S/C26H36N4O7S/c1-6-8-14-27-26(32)22(7-2)28(17-20-11-9-10-19(3)15-20)25(31)18-29(38(5,35)36)23-16-21(30(33)34)12-13-24(23)37-4/h9-13,15-16,22H,6-8,14,17-18H2,1-5H3,(H,27,32)/t22-/m0/s1. The Labute approximate surface area is 224 Å². The molecular weight excluding hydrogens is 512 g/mol. The van der Waals surface area contributed by atoms with Crippen LogP contribution in [0, 0.1) is 17.0 Å². The van der Waals surface area contributed by atoms with Crippen molar-refractivity contribution in [1.82, 2.24) is 10.2 Å². The predicted octanol–water partition coefficient (Wildman–Crippen LogP) is 3.40. The van der Waals surface area contributed by atoms with E-state index in [0.717, 1.165) is 40.6 Å². The summed E-state index contributed by atoms with van der Waals surface area (Å²) in [5.41, 5.74) is 1.24. The van der Waals surface area contributed by atoms with Gasteiger partial charge in [-0.15, -0.1) is 0 Å². The number of anilines is 1. The van der Waals surface area contributed by atoms with Crippen LogP contribution in [0.4, 0.5) is 11.4 Å². The number of aryl methyl sites for hydroxylation is 1. The number of nitro groups is 1. The fourth-order valence-corrected chi connectivity index (χ4v) is 4.86. The third kappa shape index (κ3) is 8.17. The highest BCUT2D eigenvalue weighted by Crippen LogP contribution is 2.34. The number of carbonyl (C=O) groups is 2. The van der Waals surface area contributed by atoms with Crippen LogP contribution in [0.25, 0.3) is 0 Å². The number of benzene rings is 2. The van der Waals surface area contributed by atoms with Gasteiger partial charge < -0.3 is 15.0 Å². The number of carbonyl (C=O) groups excluding carboxylic acids is 2. The van der Waals surface area contributed by atoms with Crippen LogP contribution in [0.15, 0.2) is 42.5 Å². The second-order valence-corrected chi connectivity index (χ2v) is 10.9. The first-order chi connectivity index (χ1) is 17.9. The summed E-state index contributed by atoms with van der Waals surface area (Å²) >= 11 is 0. The van der Waals surface area contributed by atoms with E-state index in [1.54, 1.807) is 6.92 Å². The van der Waals surface area contributed by atoms with Crippen molar-refractivity contribution in [1.29, 1.82) is 0 Å². The lowest BCUT2D eigenvalue weighted by Crippen LogP contribution is -2.52. The SMILES string of the molecule is CCCCNC(=O)[C@H](CC)N(Cc1cccc(C)c1)C(=O)CN(c1cc([N+](=O)[O-])ccc1OC)S(C)(=O)=O. The Morgan fingerprint density at radius 1 is 1.16 bits per heavy atom. The number of nitrogens with one attached hydrogen (secondary N) is 1. The van der Waals surface area contributed by atoms with Gasteiger partial charge >= 0.3 is 0 Å². The molecule has 0 aliphatic carbocycles. The fourth-order valence-electron chi connectivity index (χ4n) is 4.01. The van der Waals surface area contributed by atoms with E-state index >= 15 is 0 Å². The maximum Gasteiger partial charge on any atom is 0.271 e. The molecule has 0 heterocycles. The number of unbranched alkanes of at least 4 members (excludes halogenated alkanes) is 1. The zero-order valence-electron chi connectivity index (χ0n) is 22.5. The van der Waals surface area contributed by atoms with Crippen molar-refractivity contribution in [3.8, 4) is 5.75 Å². The van der Waals surface area contributed by atoms with Gasteiger partial charge in [0.05, 0.1) is 18.3 Å². The molecule has 38 heavy (non-hydrogen) atoms. The highest BCUT2D eigenvalue weighted by Gasteiger charge is 2.33. The molecular formula is C26H36N4O7S. The molecule has 11 nitrogen and oxygen atoms in total. The Morgan fingerprint density at radius 2 is 1.87 bits per heavy atom. The van der Waals surface area contributed by atoms with Crippen molar-refractivity contribution in [2.24, 2.45) is 0 Å². The number of non-ortho nitro benzene ring substituents is 1. The molecule has 0 spiro atoms. The van der Waals surface area contributed by atoms with Crippen molar-refractivity contribution < 1.29 is 27.7 Å². The number of nitrogens with zero attached hydrogens (tertiary/aromatic N) is 3. The van der Waals surface area contributed by atoms with Crippen molar-refractivity contribution in [2.45, 2.75) is 52.6 Å². The van der Waals surface area contributed by atoms with E-state index in [4.69, 9.17) is 4.74 Å². The zero-order chi connectivity index (χ0) is 28.5. The maximum atomic E-state index is 13.8. The predicted molar refractivity (Wildman–Crippen MR) is 146 cm³/mol. The molecule has 1 atom stereocenters. The van der Waals surface area contributed by atoms with E-state index < -0.39 is 33.4 Å². The van der Waals surface area contributed by atoms with E-state index in [1.807, 2.05) is 38.1 Å². The molecule has 12 heteroatoms. The van der Waals surface area contributed by atoms with Gasteiger partial charge in [-0.3, -0.25) is 24.0 Å². The minimum absolute atomic E-state index is 0.0448. The van der Waals surface area contributed by atoms with Crippen molar-refractivity contribution in [3.05, 3.63) is 63.7 Å². The quantitative estimate of drug-likeness (QED) is 0.217. The van der Waals surface area contributed by atoms with Crippen LogP contribution in [0.3, 0.4) is 0 Å². The van der Waals surface area contributed by atoms with E-state index in [0.29, 0.717) is 13.0 Å². The molecule has 0 saturated heterocycles. The number of sulfonamides is 1. The largest absolute Gasteiger partial charge is 0.495 e. The molecule has 0 fully saturated rings. The summed E-state index contributed by atoms with van der Waals surface area (Å²) < 4.78 is 31.7. The minimum Gasteiger partial charge on any atom is -0.495 e. The smallest absolute Gasteiger partial charge is 0.271 e. The first-order valence-electron chi connectivity index (χ1n) is 12.4. The molecule has 0 radical (unpaired) electrons. The normalized spacial score (nSPS) is 11.9. The van der Waals surface area contributed by atoms with Crippen LogP contribution < -0.4 is 14.4 Å². The fraction of sp³-hybridized carbons (Fsp3) is 0.462. The summed E-state index contributed by atoms with van der Waals surface area (Å²) in [5.74, 6) is -0.924. The van der Waals surface area contributed by atoms with E-state index in [-0.39, 0.29) is 29.6 Å². The Hall–Kier alpha value is -3.67. The summed E-state index contributed by atoms with van der Waals surface area (Å²) in [6.45, 7) is 5.53. The number of rotatable bonds is 14. The molecule has 2 amide bonds. The number of hydrogen-bond donors (Lipinski definition) is 1. The van der Waals surface area contributed by atoms with Crippen molar-refractivity contribution in [3.63, 3.8) is 0 Å². The van der Waals surface area contributed by atoms with Crippen LogP contribution in [-0.4, -0.2) is 62.6 Å². The van der Waals surface area contributed by atoms with E-state index in [2.05, 4.69) is 5.32 Å². The third-order valence-corrected chi connectivity index (χ3v) is 7.10. The molecule has 2 rings (SSSR count). The number of amides is 2. The Balaban J connectivity index is 2.53. The van der Waals surface area contributed by atoms with Gasteiger partial charge in [0.15, 0.2) is 0 Å². The monoisotopic (exact) mass is 548 g/mol. The highest BCUT2D eigenvalue weighted by atomic mass is 32.2. The second kappa shape index (κ2) is 13.8. The van der Waals surface area contributed by atoms with Crippen LogP contribution in [0.1, 0.15) is 44.2 Å². The van der Waals surface area contributed by atoms with Crippen LogP contribution in [0.5, 0.6) is 5.75 Å². The number of hydrogen-bond acceptors (Lipinski definition) is 7. The average Bonchev–Trinajstić information content (AvgIpc) is 2.86. The highest BCUT2D eigenvalue weighted by molar-refractivity contribution is 7.92. The lowest BCUT2D eigenvalue weighted by Gasteiger charge is -2.33. The Bertz CT molecular complexity index is 1250. The van der Waals surface area contributed by atoms with Gasteiger partial charge in [0.1, 0.15) is 24.0 Å². The third-order valence-electron chi connectivity index (χ3n) is 5.97. The molecule has 0 aliphatic rings. The second-order valence-electron chi connectivity index (χ2n) is 8.96. The Kier molecular flexibility index (Phi) is 11.1. The minimum atomic E-state index is -4.09. The summed E-state index contributed by atoms with van der Waals surface area (Å²) in [7, 11) is -2.79. The van der Waals surface area contributed by atoms with Crippen LogP contribution in [0.2, 0.25) is 0 Å². The van der Waals surface area contributed by atoms with Crippen molar-refractivity contribution >= 4 is 33.2 Å². The van der Waals surface area contributed by atoms with Gasteiger partial charge in [-0.05, 0) is 31.4 Å². The first-order valence-corrected chi connectivity index (χ1v) is 14.2. The van der Waals surface area contributed by atoms with Gasteiger partial charge in [-0.2, -0.15) is 0 Å². The van der Waals surface area contributed by atoms with Crippen molar-refractivity contribution in [2.75, 3.05) is 30.8 Å². The van der Waals surface area contributed by atoms with E-state index in [9.17, 15) is 28.1 Å². The number of nitro benzene ring substituents is 1. The topological polar surface area (TPSA) is 139 Å². The molecule has 0 saturated carbocycles. The van der Waals surface area contributed by atoms with Crippen LogP contribution in [-0.2, 0) is 26.2 Å². The summed E-state index contributed by atoms with van der Waals surface area (Å²) in [4.78, 5) is 38.9. The zero-order valence-corrected chi connectivity index (χ0v) is 23.3. The summed E-state index contributed by atoms with van der Waals surface area (Å²) in [6, 6.07) is 10.1. The number of ether oxygens (including phenoxy) is 1. The van der Waals surface area contributed by atoms with Crippen LogP contribution >= 0.6 is 0 Å². The molecule has 2 aromatic carbocycles. The number of methoxy groups -OCH3 is 1. The van der Waals surface area contributed by atoms with E-state index in [1.165, 1.54) is 24.1 Å². The average molecular weight is 549 g/mol. The van der Waals surface area contributed by atoms with Gasteiger partial charge in [-0.1, -0.05) is 50.1 Å². The first kappa shape index (κ1) is 30.6.